The first kappa shape index (κ1) is 11.5. The van der Waals surface area contributed by atoms with Crippen LogP contribution >= 0.6 is 11.3 Å². The second-order valence-corrected chi connectivity index (χ2v) is 4.32. The molecule has 0 fully saturated rings. The van der Waals surface area contributed by atoms with Crippen LogP contribution in [0.1, 0.15) is 10.8 Å². The minimum atomic E-state index is -0.566. The number of hydrogen-bond acceptors (Lipinski definition) is 7. The summed E-state index contributed by atoms with van der Waals surface area (Å²) >= 11 is 1.36. The summed E-state index contributed by atoms with van der Waals surface area (Å²) in [6, 6.07) is 0. The Labute approximate surface area is 102 Å². The van der Waals surface area contributed by atoms with Gasteiger partial charge in [0.15, 0.2) is 9.87 Å². The lowest BCUT2D eigenvalue weighted by molar-refractivity contribution is -0.391. The Balaban J connectivity index is 2.54. The van der Waals surface area contributed by atoms with Gasteiger partial charge in [-0.05, 0) is 4.92 Å². The normalized spacial score (nSPS) is 10.2. The van der Waals surface area contributed by atoms with Crippen LogP contribution in [0.4, 0.5) is 5.82 Å². The van der Waals surface area contributed by atoms with Crippen molar-refractivity contribution in [1.29, 1.82) is 0 Å². The van der Waals surface area contributed by atoms with E-state index >= 15 is 0 Å². The van der Waals surface area contributed by atoms with E-state index < -0.39 is 4.92 Å². The van der Waals surface area contributed by atoms with Crippen molar-refractivity contribution < 1.29 is 9.13 Å². The Morgan fingerprint density at radius 1 is 1.65 bits per heavy atom. The molecule has 0 N–H and O–H groups in total. The Kier molecular flexibility index (Phi) is 3.06. The molecule has 0 radical (unpaired) electrons. The first-order valence-corrected chi connectivity index (χ1v) is 5.87. The zero-order valence-corrected chi connectivity index (χ0v) is 10.1. The average Bonchev–Trinajstić information content (AvgIpc) is 2.91. The third-order valence-electron chi connectivity index (χ3n) is 1.99. The van der Waals surface area contributed by atoms with Gasteiger partial charge in [-0.1, -0.05) is 11.3 Å². The highest BCUT2D eigenvalue weighted by atomic mass is 32.1. The summed E-state index contributed by atoms with van der Waals surface area (Å²) in [5.74, 6) is 0.0320. The summed E-state index contributed by atoms with van der Waals surface area (Å²) in [5.41, 5.74) is 1.48. The van der Waals surface area contributed by atoms with Gasteiger partial charge in [0.05, 0.1) is 7.05 Å². The van der Waals surface area contributed by atoms with Crippen LogP contribution in [0.5, 0.6) is 0 Å². The summed E-state index contributed by atoms with van der Waals surface area (Å²) < 4.78 is 12.3. The molecule has 0 atom stereocenters. The summed E-state index contributed by atoms with van der Waals surface area (Å²) in [6.45, 7) is 0. The second-order valence-electron chi connectivity index (χ2n) is 2.91. The van der Waals surface area contributed by atoms with Crippen LogP contribution in [0.3, 0.4) is 0 Å². The monoisotopic (exact) mass is 271 g/mol. The van der Waals surface area contributed by atoms with Crippen molar-refractivity contribution in [2.24, 2.45) is 7.05 Å². The van der Waals surface area contributed by atoms with E-state index in [0.717, 1.165) is 6.20 Å². The number of hydrogen-bond donors (Lipinski definition) is 0. The summed E-state index contributed by atoms with van der Waals surface area (Å²) in [7, 11) is 1.47. The van der Waals surface area contributed by atoms with Gasteiger partial charge in [-0.25, -0.2) is 13.8 Å². The molecular weight excluding hydrogens is 266 g/mol. The van der Waals surface area contributed by atoms with E-state index in [1.807, 2.05) is 0 Å². The van der Waals surface area contributed by atoms with Crippen LogP contribution in [-0.2, 0) is 18.3 Å². The predicted octanol–water partition coefficient (Wildman–Crippen LogP) is -0.0384. The predicted molar refractivity (Wildman–Crippen MR) is 61.1 cm³/mol. The van der Waals surface area contributed by atoms with Gasteiger partial charge < -0.3 is 10.1 Å². The molecule has 0 saturated heterocycles. The van der Waals surface area contributed by atoms with Crippen molar-refractivity contribution in [3.8, 4) is 0 Å². The largest absolute Gasteiger partial charge is 0.358 e. The van der Waals surface area contributed by atoms with Crippen LogP contribution in [0, 0.1) is 10.1 Å². The highest BCUT2D eigenvalue weighted by Crippen LogP contribution is 2.15. The van der Waals surface area contributed by atoms with Crippen molar-refractivity contribution in [3.63, 3.8) is 0 Å². The Morgan fingerprint density at radius 2 is 2.41 bits per heavy atom. The molecule has 0 aliphatic rings. The summed E-state index contributed by atoms with van der Waals surface area (Å²) in [5, 5.41) is 18.4. The maximum absolute atomic E-state index is 11.1. The molecule has 0 bridgehead atoms. The molecule has 8 nitrogen and oxygen atoms in total. The van der Waals surface area contributed by atoms with Gasteiger partial charge in [-0.3, -0.25) is 0 Å². The molecule has 2 aromatic rings. The average molecular weight is 271 g/mol. The molecule has 0 aliphatic carbocycles. The molecule has 0 saturated carbocycles. The zero-order valence-electron chi connectivity index (χ0n) is 8.43. The summed E-state index contributed by atoms with van der Waals surface area (Å²) in [6.07, 6.45) is 1.10. The maximum Gasteiger partial charge on any atom is 0.342 e. The van der Waals surface area contributed by atoms with Gasteiger partial charge in [-0.15, -0.1) is 10.2 Å². The highest BCUT2D eigenvalue weighted by molar-refractivity contribution is 7.68. The third kappa shape index (κ3) is 1.99. The molecule has 17 heavy (non-hydrogen) atoms. The first-order chi connectivity index (χ1) is 8.15. The number of nitrogens with zero attached hydrogens (tertiary/aromatic N) is 5. The van der Waals surface area contributed by atoms with E-state index in [9.17, 15) is 14.3 Å². The van der Waals surface area contributed by atoms with Gasteiger partial charge in [0.2, 0.25) is 5.82 Å². The van der Waals surface area contributed by atoms with Crippen LogP contribution in [0.25, 0.3) is 0 Å². The third-order valence-corrected chi connectivity index (χ3v) is 3.37. The molecule has 0 unspecified atom stereocenters. The highest BCUT2D eigenvalue weighted by Gasteiger charge is 2.23. The fourth-order valence-electron chi connectivity index (χ4n) is 1.22. The van der Waals surface area contributed by atoms with Gasteiger partial charge in [0.1, 0.15) is 23.0 Å². The van der Waals surface area contributed by atoms with Gasteiger partial charge in [0.25, 0.3) is 0 Å². The smallest absolute Gasteiger partial charge is 0.342 e. The van der Waals surface area contributed by atoms with Gasteiger partial charge in [0, 0.05) is 0 Å². The molecule has 88 valence electrons. The molecule has 0 amide bonds. The molecule has 2 heterocycles. The SMILES string of the molecule is Cn1c([N+](=O)[O-])cnc1C(=S=O)c1nncs1. The summed E-state index contributed by atoms with van der Waals surface area (Å²) in [4.78, 5) is 14.2. The number of nitro groups is 1. The zero-order chi connectivity index (χ0) is 12.4. The quantitative estimate of drug-likeness (QED) is 0.336. The molecule has 10 heteroatoms. The van der Waals surface area contributed by atoms with E-state index in [-0.39, 0.29) is 27.8 Å². The lowest BCUT2D eigenvalue weighted by atomic mass is 10.4. The first-order valence-electron chi connectivity index (χ1n) is 4.25. The van der Waals surface area contributed by atoms with Crippen LogP contribution in [0.2, 0.25) is 0 Å². The fraction of sp³-hybridized carbons (Fsp3) is 0.143. The lowest BCUT2D eigenvalue weighted by Crippen LogP contribution is -2.11. The number of rotatable bonds is 3. The van der Waals surface area contributed by atoms with E-state index in [2.05, 4.69) is 15.2 Å². The van der Waals surface area contributed by atoms with Crippen molar-refractivity contribution in [2.75, 3.05) is 0 Å². The van der Waals surface area contributed by atoms with E-state index in [1.165, 1.54) is 28.5 Å². The van der Waals surface area contributed by atoms with Gasteiger partial charge in [-0.2, -0.15) is 0 Å². The van der Waals surface area contributed by atoms with E-state index in [0.29, 0.717) is 5.01 Å². The minimum absolute atomic E-state index is 0.184. The topological polar surface area (TPSA) is 104 Å². The number of imidazole rings is 1. The van der Waals surface area contributed by atoms with Crippen LogP contribution in [0.15, 0.2) is 11.7 Å². The second kappa shape index (κ2) is 4.51. The molecular formula is C7H5N5O3S2. The Hall–Kier alpha value is -1.94. The Morgan fingerprint density at radius 3 is 2.88 bits per heavy atom. The fourth-order valence-corrected chi connectivity index (χ4v) is 2.33. The Bertz CT molecular complexity index is 613. The molecule has 2 rings (SSSR count). The van der Waals surface area contributed by atoms with E-state index in [1.54, 1.807) is 0 Å². The minimum Gasteiger partial charge on any atom is -0.358 e. The van der Waals surface area contributed by atoms with Gasteiger partial charge >= 0.3 is 5.82 Å². The van der Waals surface area contributed by atoms with Crippen molar-refractivity contribution in [2.45, 2.75) is 0 Å². The molecule has 0 spiro atoms. The molecule has 0 aromatic carbocycles. The van der Waals surface area contributed by atoms with Crippen molar-refractivity contribution in [1.82, 2.24) is 19.7 Å². The van der Waals surface area contributed by atoms with Crippen molar-refractivity contribution >= 4 is 33.3 Å². The van der Waals surface area contributed by atoms with Crippen molar-refractivity contribution in [3.05, 3.63) is 32.7 Å². The lowest BCUT2D eigenvalue weighted by Gasteiger charge is -1.96. The molecule has 2 aromatic heterocycles. The van der Waals surface area contributed by atoms with E-state index in [4.69, 9.17) is 0 Å². The standard InChI is InChI=1S/C7H5N5O3S2/c1-11-4(12(13)14)2-8-6(11)5(17-15)7-10-9-3-16-7/h2-3H,1H3. The number of aromatic nitrogens is 4. The van der Waals surface area contributed by atoms with Crippen LogP contribution in [-0.4, -0.2) is 33.7 Å². The molecule has 0 aliphatic heterocycles. The maximum atomic E-state index is 11.1. The van der Waals surface area contributed by atoms with Crippen LogP contribution < -0.4 is 0 Å².